The largest absolute Gasteiger partial charge is 0.389 e. The van der Waals surface area contributed by atoms with Crippen molar-refractivity contribution in [2.75, 3.05) is 0 Å². The molecule has 0 heterocycles. The highest BCUT2D eigenvalue weighted by Gasteiger charge is 2.14. The molecule has 0 aromatic rings. The lowest BCUT2D eigenvalue weighted by Gasteiger charge is -2.19. The maximum Gasteiger partial charge on any atom is 0.0729 e. The van der Waals surface area contributed by atoms with Gasteiger partial charge in [-0.15, -0.1) is 0 Å². The summed E-state index contributed by atoms with van der Waals surface area (Å²) < 4.78 is 0. The maximum atomic E-state index is 9.84. The smallest absolute Gasteiger partial charge is 0.0729 e. The van der Waals surface area contributed by atoms with E-state index in [-0.39, 0.29) is 19.6 Å². The first kappa shape index (κ1) is 31.4. The van der Waals surface area contributed by atoms with Gasteiger partial charge in [-0.25, -0.2) is 0 Å². The van der Waals surface area contributed by atoms with Gasteiger partial charge in [0, 0.05) is 0 Å². The van der Waals surface area contributed by atoms with Crippen LogP contribution in [-0.4, -0.2) is 22.4 Å². The predicted molar refractivity (Wildman–Crippen MR) is 147 cm³/mol. The molecule has 188 valence electrons. The molecule has 0 bridgehead atoms. The molecule has 2 aliphatic rings. The zero-order chi connectivity index (χ0) is 24.3. The number of hydrogen-bond acceptors (Lipinski definition) is 2. The second-order valence-electron chi connectivity index (χ2n) is 10.4. The average molecular weight is 457 g/mol. The van der Waals surface area contributed by atoms with E-state index < -0.39 is 0 Å². The minimum Gasteiger partial charge on any atom is -0.389 e. The molecule has 0 fully saturated rings. The summed E-state index contributed by atoms with van der Waals surface area (Å²) in [6.07, 6.45) is 20.7. The Kier molecular flexibility index (Phi) is 15.3. The lowest BCUT2D eigenvalue weighted by molar-refractivity contribution is 0.197. The Hall–Kier alpha value is -1.64. The molecule has 0 aliphatic heterocycles. The summed E-state index contributed by atoms with van der Waals surface area (Å²) in [5.74, 6) is 2.21. The maximum absolute atomic E-state index is 9.84. The molecule has 0 saturated carbocycles. The van der Waals surface area contributed by atoms with E-state index in [0.717, 1.165) is 25.7 Å². The quantitative estimate of drug-likeness (QED) is 0.360. The lowest BCUT2D eigenvalue weighted by atomic mass is 9.88. The van der Waals surface area contributed by atoms with Crippen LogP contribution >= 0.6 is 0 Å². The first-order chi connectivity index (χ1) is 15.0. The van der Waals surface area contributed by atoms with E-state index in [1.54, 1.807) is 0 Å². The minimum atomic E-state index is -0.311. The lowest BCUT2D eigenvalue weighted by Crippen LogP contribution is -2.12. The van der Waals surface area contributed by atoms with E-state index in [1.807, 2.05) is 39.8 Å². The Bertz CT molecular complexity index is 675. The van der Waals surface area contributed by atoms with Crippen molar-refractivity contribution in [3.05, 3.63) is 70.9 Å². The average Bonchev–Trinajstić information content (AvgIpc) is 2.68. The van der Waals surface area contributed by atoms with E-state index in [1.165, 1.54) is 22.3 Å². The number of aliphatic hydroxyl groups excluding tert-OH is 2. The molecule has 0 saturated heterocycles. The topological polar surface area (TPSA) is 40.5 Å². The molecule has 0 aromatic heterocycles. The monoisotopic (exact) mass is 456 g/mol. The van der Waals surface area contributed by atoms with Crippen molar-refractivity contribution in [3.8, 4) is 0 Å². The molecular weight excluding hydrogens is 404 g/mol. The summed E-state index contributed by atoms with van der Waals surface area (Å²) in [7, 11) is 0. The van der Waals surface area contributed by atoms with Crippen molar-refractivity contribution >= 4 is 0 Å². The molecule has 33 heavy (non-hydrogen) atoms. The summed E-state index contributed by atoms with van der Waals surface area (Å²) in [4.78, 5) is 0. The van der Waals surface area contributed by atoms with Gasteiger partial charge in [-0.2, -0.15) is 0 Å². The first-order valence-electron chi connectivity index (χ1n) is 12.4. The van der Waals surface area contributed by atoms with Crippen LogP contribution in [0, 0.1) is 23.7 Å². The van der Waals surface area contributed by atoms with Crippen LogP contribution in [-0.2, 0) is 0 Å². The second-order valence-corrected chi connectivity index (χ2v) is 10.4. The first-order valence-corrected chi connectivity index (χ1v) is 12.4. The number of aliphatic hydroxyl groups is 2. The van der Waals surface area contributed by atoms with Crippen molar-refractivity contribution in [2.24, 2.45) is 23.7 Å². The van der Waals surface area contributed by atoms with Crippen molar-refractivity contribution in [3.63, 3.8) is 0 Å². The SMILES string of the molecule is C.CC(C)=CC(O)CC(C)C1=CCC(C)C=C1.CC(C)=CC(O)C[C@H](C)C1=CCC(C)C=C1. The van der Waals surface area contributed by atoms with Crippen molar-refractivity contribution in [1.29, 1.82) is 0 Å². The summed E-state index contributed by atoms with van der Waals surface area (Å²) >= 11 is 0. The van der Waals surface area contributed by atoms with Gasteiger partial charge < -0.3 is 10.2 Å². The van der Waals surface area contributed by atoms with Gasteiger partial charge in [0.1, 0.15) is 0 Å². The Balaban J connectivity index is 0.000000602. The van der Waals surface area contributed by atoms with Gasteiger partial charge >= 0.3 is 0 Å². The van der Waals surface area contributed by atoms with Crippen molar-refractivity contribution in [1.82, 2.24) is 0 Å². The third-order valence-corrected chi connectivity index (χ3v) is 6.06. The van der Waals surface area contributed by atoms with Crippen LogP contribution in [0.1, 0.15) is 88.5 Å². The zero-order valence-electron chi connectivity index (χ0n) is 21.8. The fraction of sp³-hybridized carbons (Fsp3) is 0.613. The molecule has 5 unspecified atom stereocenters. The molecule has 2 aliphatic carbocycles. The van der Waals surface area contributed by atoms with Crippen LogP contribution in [0.25, 0.3) is 0 Å². The molecule has 0 spiro atoms. The van der Waals surface area contributed by atoms with Crippen LogP contribution in [0.2, 0.25) is 0 Å². The molecule has 2 N–H and O–H groups in total. The summed E-state index contributed by atoms with van der Waals surface area (Å²) in [6, 6.07) is 0. The van der Waals surface area contributed by atoms with Gasteiger partial charge in [0.05, 0.1) is 12.2 Å². The van der Waals surface area contributed by atoms with Crippen molar-refractivity contribution < 1.29 is 10.2 Å². The summed E-state index contributed by atoms with van der Waals surface area (Å²) in [5, 5.41) is 19.7. The van der Waals surface area contributed by atoms with E-state index in [2.05, 4.69) is 64.2 Å². The Morgan fingerprint density at radius 3 is 1.36 bits per heavy atom. The molecule has 0 aromatic carbocycles. The second kappa shape index (κ2) is 16.1. The molecule has 2 heteroatoms. The van der Waals surface area contributed by atoms with Crippen LogP contribution in [0.3, 0.4) is 0 Å². The van der Waals surface area contributed by atoms with Gasteiger partial charge in [0.15, 0.2) is 0 Å². The molecular formula is C31H52O2. The van der Waals surface area contributed by atoms with E-state index >= 15 is 0 Å². The Morgan fingerprint density at radius 2 is 1.12 bits per heavy atom. The van der Waals surface area contributed by atoms with Gasteiger partial charge in [0.25, 0.3) is 0 Å². The van der Waals surface area contributed by atoms with Crippen LogP contribution in [0.4, 0.5) is 0 Å². The number of hydrogen-bond donors (Lipinski definition) is 2. The Labute approximate surface area is 205 Å². The fourth-order valence-electron chi connectivity index (χ4n) is 4.12. The highest BCUT2D eigenvalue weighted by atomic mass is 16.3. The van der Waals surface area contributed by atoms with Crippen LogP contribution < -0.4 is 0 Å². The summed E-state index contributed by atoms with van der Waals surface area (Å²) in [6.45, 7) is 16.9. The van der Waals surface area contributed by atoms with Gasteiger partial charge in [-0.3, -0.25) is 0 Å². The van der Waals surface area contributed by atoms with Crippen LogP contribution in [0.5, 0.6) is 0 Å². The fourth-order valence-corrected chi connectivity index (χ4v) is 4.12. The van der Waals surface area contributed by atoms with Crippen molar-refractivity contribution in [2.45, 2.75) is 101 Å². The van der Waals surface area contributed by atoms with Crippen LogP contribution in [0.15, 0.2) is 70.9 Å². The molecule has 0 radical (unpaired) electrons. The number of rotatable bonds is 8. The number of allylic oxidation sites excluding steroid dienone is 10. The van der Waals surface area contributed by atoms with Gasteiger partial charge in [-0.05, 0) is 88.2 Å². The van der Waals surface area contributed by atoms with Gasteiger partial charge in [-0.1, -0.05) is 94.9 Å². The minimum absolute atomic E-state index is 0. The van der Waals surface area contributed by atoms with E-state index in [4.69, 9.17) is 0 Å². The summed E-state index contributed by atoms with van der Waals surface area (Å²) in [5.41, 5.74) is 5.11. The third-order valence-electron chi connectivity index (χ3n) is 6.06. The highest BCUT2D eigenvalue weighted by Crippen LogP contribution is 2.26. The molecule has 2 rings (SSSR count). The molecule has 0 amide bonds. The standard InChI is InChI=1S/2C15H24O.CH4/c2*1-11(2)9-15(16)10-13(4)14-7-5-12(3)6-8-14;/h2*5,7-9,12-13,15-16H,6,10H2,1-4H3;1H4/t12?,13-,15?;;/m0../s1. The zero-order valence-corrected chi connectivity index (χ0v) is 21.8. The molecule has 6 atom stereocenters. The Morgan fingerprint density at radius 1 is 0.788 bits per heavy atom. The van der Waals surface area contributed by atoms with E-state index in [9.17, 15) is 10.2 Å². The predicted octanol–water partition coefficient (Wildman–Crippen LogP) is 8.36. The molecule has 2 nitrogen and oxygen atoms in total. The van der Waals surface area contributed by atoms with E-state index in [0.29, 0.717) is 23.7 Å². The third kappa shape index (κ3) is 13.6. The normalized spacial score (nSPS) is 22.8. The highest BCUT2D eigenvalue weighted by molar-refractivity contribution is 5.26. The van der Waals surface area contributed by atoms with Gasteiger partial charge in [0.2, 0.25) is 0 Å².